The van der Waals surface area contributed by atoms with E-state index in [4.69, 9.17) is 0 Å². The van der Waals surface area contributed by atoms with E-state index in [9.17, 15) is 4.79 Å². The SMILES string of the molecule is O=C(CCCNc1ncccn1)Nc1ccc(Br)cn1. The summed E-state index contributed by atoms with van der Waals surface area (Å²) in [5, 5.41) is 5.79. The predicted octanol–water partition coefficient (Wildman–Crippen LogP) is 2.46. The minimum atomic E-state index is -0.0596. The third-order valence-electron chi connectivity index (χ3n) is 2.42. The Bertz CT molecular complexity index is 546. The Labute approximate surface area is 125 Å². The first-order valence-electron chi connectivity index (χ1n) is 6.16. The molecule has 2 rings (SSSR count). The highest BCUT2D eigenvalue weighted by atomic mass is 79.9. The summed E-state index contributed by atoms with van der Waals surface area (Å²) >= 11 is 3.29. The smallest absolute Gasteiger partial charge is 0.225 e. The Morgan fingerprint density at radius 3 is 2.70 bits per heavy atom. The Morgan fingerprint density at radius 2 is 2.00 bits per heavy atom. The van der Waals surface area contributed by atoms with Crippen molar-refractivity contribution in [2.75, 3.05) is 17.2 Å². The first-order chi connectivity index (χ1) is 9.74. The molecule has 0 atom stereocenters. The van der Waals surface area contributed by atoms with Gasteiger partial charge in [-0.1, -0.05) is 0 Å². The molecule has 0 aromatic carbocycles. The third-order valence-corrected chi connectivity index (χ3v) is 2.89. The quantitative estimate of drug-likeness (QED) is 0.792. The second-order valence-electron chi connectivity index (χ2n) is 4.01. The van der Waals surface area contributed by atoms with Gasteiger partial charge in [0, 0.05) is 36.0 Å². The molecule has 0 aliphatic heterocycles. The molecule has 0 unspecified atom stereocenters. The zero-order chi connectivity index (χ0) is 14.2. The summed E-state index contributed by atoms with van der Waals surface area (Å²) < 4.78 is 0.877. The number of hydrogen-bond acceptors (Lipinski definition) is 5. The number of carbonyl (C=O) groups excluding carboxylic acids is 1. The minimum Gasteiger partial charge on any atom is -0.354 e. The van der Waals surface area contributed by atoms with Gasteiger partial charge >= 0.3 is 0 Å². The van der Waals surface area contributed by atoms with Gasteiger partial charge in [0.15, 0.2) is 0 Å². The maximum Gasteiger partial charge on any atom is 0.225 e. The Kier molecular flexibility index (Phi) is 5.43. The average molecular weight is 336 g/mol. The predicted molar refractivity (Wildman–Crippen MR) is 80.3 cm³/mol. The lowest BCUT2D eigenvalue weighted by Crippen LogP contribution is -2.14. The highest BCUT2D eigenvalue weighted by Crippen LogP contribution is 2.10. The van der Waals surface area contributed by atoms with Gasteiger partial charge in [0.05, 0.1) is 0 Å². The molecule has 6 nitrogen and oxygen atoms in total. The van der Waals surface area contributed by atoms with Gasteiger partial charge in [-0.3, -0.25) is 4.79 Å². The maximum atomic E-state index is 11.7. The maximum absolute atomic E-state index is 11.7. The molecule has 0 aliphatic rings. The first kappa shape index (κ1) is 14.4. The molecule has 104 valence electrons. The van der Waals surface area contributed by atoms with Crippen LogP contribution in [0.3, 0.4) is 0 Å². The van der Waals surface area contributed by atoms with E-state index < -0.39 is 0 Å². The zero-order valence-corrected chi connectivity index (χ0v) is 12.3. The van der Waals surface area contributed by atoms with E-state index in [-0.39, 0.29) is 5.91 Å². The van der Waals surface area contributed by atoms with Crippen LogP contribution in [0.1, 0.15) is 12.8 Å². The molecule has 2 heterocycles. The van der Waals surface area contributed by atoms with Gasteiger partial charge in [-0.15, -0.1) is 0 Å². The minimum absolute atomic E-state index is 0.0596. The molecule has 0 bridgehead atoms. The summed E-state index contributed by atoms with van der Waals surface area (Å²) in [5.41, 5.74) is 0. The second kappa shape index (κ2) is 7.54. The molecular weight excluding hydrogens is 322 g/mol. The lowest BCUT2D eigenvalue weighted by molar-refractivity contribution is -0.116. The van der Waals surface area contributed by atoms with E-state index in [0.29, 0.717) is 31.2 Å². The number of anilines is 2. The highest BCUT2D eigenvalue weighted by molar-refractivity contribution is 9.10. The fourth-order valence-corrected chi connectivity index (χ4v) is 1.73. The van der Waals surface area contributed by atoms with Crippen molar-refractivity contribution >= 4 is 33.6 Å². The number of aromatic nitrogens is 3. The van der Waals surface area contributed by atoms with Crippen LogP contribution in [-0.2, 0) is 4.79 Å². The largest absolute Gasteiger partial charge is 0.354 e. The van der Waals surface area contributed by atoms with Crippen molar-refractivity contribution in [1.82, 2.24) is 15.0 Å². The lowest BCUT2D eigenvalue weighted by Gasteiger charge is -2.05. The molecule has 0 saturated carbocycles. The molecule has 0 saturated heterocycles. The summed E-state index contributed by atoms with van der Waals surface area (Å²) in [6, 6.07) is 5.33. The van der Waals surface area contributed by atoms with Crippen LogP contribution >= 0.6 is 15.9 Å². The Morgan fingerprint density at radius 1 is 1.20 bits per heavy atom. The monoisotopic (exact) mass is 335 g/mol. The van der Waals surface area contributed by atoms with E-state index in [1.807, 2.05) is 6.07 Å². The number of amides is 1. The summed E-state index contributed by atoms with van der Waals surface area (Å²) in [7, 11) is 0. The van der Waals surface area contributed by atoms with Crippen LogP contribution in [0.4, 0.5) is 11.8 Å². The zero-order valence-electron chi connectivity index (χ0n) is 10.7. The van der Waals surface area contributed by atoms with Crippen molar-refractivity contribution in [1.29, 1.82) is 0 Å². The van der Waals surface area contributed by atoms with Gasteiger partial charge in [-0.2, -0.15) is 0 Å². The molecule has 0 fully saturated rings. The number of halogens is 1. The molecule has 2 aromatic rings. The third kappa shape index (κ3) is 4.93. The van der Waals surface area contributed by atoms with Gasteiger partial charge in [0.25, 0.3) is 0 Å². The van der Waals surface area contributed by atoms with Crippen LogP contribution in [0.5, 0.6) is 0 Å². The van der Waals surface area contributed by atoms with Crippen molar-refractivity contribution in [3.63, 3.8) is 0 Å². The molecule has 1 amide bonds. The summed E-state index contributed by atoms with van der Waals surface area (Å²) in [6.07, 6.45) is 6.09. The van der Waals surface area contributed by atoms with Crippen molar-refractivity contribution in [2.24, 2.45) is 0 Å². The molecular formula is C13H14BrN5O. The van der Waals surface area contributed by atoms with Crippen LogP contribution in [-0.4, -0.2) is 27.4 Å². The number of nitrogens with one attached hydrogen (secondary N) is 2. The van der Waals surface area contributed by atoms with E-state index in [1.54, 1.807) is 30.7 Å². The van der Waals surface area contributed by atoms with Crippen LogP contribution < -0.4 is 10.6 Å². The van der Waals surface area contributed by atoms with Crippen LogP contribution in [0.15, 0.2) is 41.3 Å². The molecule has 0 radical (unpaired) electrons. The van der Waals surface area contributed by atoms with E-state index in [1.165, 1.54) is 0 Å². The number of carbonyl (C=O) groups is 1. The molecule has 2 N–H and O–H groups in total. The van der Waals surface area contributed by atoms with Gasteiger partial charge in [0.2, 0.25) is 11.9 Å². The van der Waals surface area contributed by atoms with Crippen LogP contribution in [0, 0.1) is 0 Å². The normalized spacial score (nSPS) is 10.1. The number of hydrogen-bond donors (Lipinski definition) is 2. The standard InChI is InChI=1S/C13H14BrN5O/c14-10-4-5-11(18-9-10)19-12(20)3-1-6-15-13-16-7-2-8-17-13/h2,4-5,7-9H,1,3,6H2,(H,15,16,17)(H,18,19,20). The van der Waals surface area contributed by atoms with Crippen LogP contribution in [0.2, 0.25) is 0 Å². The first-order valence-corrected chi connectivity index (χ1v) is 6.95. The van der Waals surface area contributed by atoms with Crippen molar-refractivity contribution in [2.45, 2.75) is 12.8 Å². The summed E-state index contributed by atoms with van der Waals surface area (Å²) in [5.74, 6) is 1.07. The van der Waals surface area contributed by atoms with Crippen molar-refractivity contribution in [3.05, 3.63) is 41.3 Å². The number of rotatable bonds is 6. The number of nitrogens with zero attached hydrogens (tertiary/aromatic N) is 3. The molecule has 2 aromatic heterocycles. The average Bonchev–Trinajstić information content (AvgIpc) is 2.47. The molecule has 20 heavy (non-hydrogen) atoms. The fourth-order valence-electron chi connectivity index (χ4n) is 1.49. The van der Waals surface area contributed by atoms with Crippen LogP contribution in [0.25, 0.3) is 0 Å². The lowest BCUT2D eigenvalue weighted by atomic mass is 10.3. The molecule has 0 aliphatic carbocycles. The number of pyridine rings is 1. The Hall–Kier alpha value is -2.02. The topological polar surface area (TPSA) is 79.8 Å². The van der Waals surface area contributed by atoms with Gasteiger partial charge in [-0.25, -0.2) is 15.0 Å². The van der Waals surface area contributed by atoms with Crippen molar-refractivity contribution in [3.8, 4) is 0 Å². The van der Waals surface area contributed by atoms with Gasteiger partial charge < -0.3 is 10.6 Å². The Balaban J connectivity index is 1.66. The van der Waals surface area contributed by atoms with Gasteiger partial charge in [0.1, 0.15) is 5.82 Å². The van der Waals surface area contributed by atoms with Gasteiger partial charge in [-0.05, 0) is 40.5 Å². The van der Waals surface area contributed by atoms with E-state index in [0.717, 1.165) is 4.47 Å². The van der Waals surface area contributed by atoms with Crippen molar-refractivity contribution < 1.29 is 4.79 Å². The summed E-state index contributed by atoms with van der Waals surface area (Å²) in [4.78, 5) is 23.8. The van der Waals surface area contributed by atoms with E-state index >= 15 is 0 Å². The second-order valence-corrected chi connectivity index (χ2v) is 4.93. The highest BCUT2D eigenvalue weighted by Gasteiger charge is 2.03. The molecule has 0 spiro atoms. The molecule has 7 heteroatoms. The van der Waals surface area contributed by atoms with E-state index in [2.05, 4.69) is 41.5 Å². The summed E-state index contributed by atoms with van der Waals surface area (Å²) in [6.45, 7) is 0.644. The fraction of sp³-hybridized carbons (Fsp3) is 0.231.